The van der Waals surface area contributed by atoms with E-state index in [9.17, 15) is 14.9 Å². The van der Waals surface area contributed by atoms with Gasteiger partial charge in [0, 0.05) is 11.4 Å². The van der Waals surface area contributed by atoms with Crippen molar-refractivity contribution in [2.24, 2.45) is 0 Å². The van der Waals surface area contributed by atoms with Crippen LogP contribution in [0.2, 0.25) is 0 Å². The second-order valence-corrected chi connectivity index (χ2v) is 3.76. The largest absolute Gasteiger partial charge is 0.465 e. The SMILES string of the molecule is COC(=O)c1c(CBr)cc(C)cc1[N+](=O)[O-]. The molecule has 1 aromatic carbocycles. The Morgan fingerprint density at radius 1 is 1.56 bits per heavy atom. The third-order valence-electron chi connectivity index (χ3n) is 2.07. The molecule has 0 saturated heterocycles. The molecule has 0 radical (unpaired) electrons. The molecule has 0 amide bonds. The highest BCUT2D eigenvalue weighted by atomic mass is 79.9. The summed E-state index contributed by atoms with van der Waals surface area (Å²) in [4.78, 5) is 21.7. The summed E-state index contributed by atoms with van der Waals surface area (Å²) < 4.78 is 4.55. The van der Waals surface area contributed by atoms with Crippen LogP contribution < -0.4 is 0 Å². The van der Waals surface area contributed by atoms with Gasteiger partial charge >= 0.3 is 5.97 Å². The van der Waals surface area contributed by atoms with E-state index < -0.39 is 10.9 Å². The van der Waals surface area contributed by atoms with Gasteiger partial charge in [-0.15, -0.1) is 0 Å². The van der Waals surface area contributed by atoms with Gasteiger partial charge in [0.15, 0.2) is 0 Å². The van der Waals surface area contributed by atoms with E-state index in [2.05, 4.69) is 20.7 Å². The predicted octanol–water partition coefficient (Wildman–Crippen LogP) is 2.58. The lowest BCUT2D eigenvalue weighted by molar-refractivity contribution is -0.385. The number of benzene rings is 1. The first-order chi connectivity index (χ1) is 7.51. The number of nitrogens with zero attached hydrogens (tertiary/aromatic N) is 1. The Morgan fingerprint density at radius 2 is 2.19 bits per heavy atom. The number of halogens is 1. The quantitative estimate of drug-likeness (QED) is 0.371. The number of methoxy groups -OCH3 is 1. The molecule has 0 atom stereocenters. The lowest BCUT2D eigenvalue weighted by atomic mass is 10.0. The fraction of sp³-hybridized carbons (Fsp3) is 0.300. The number of carbonyl (C=O) groups excluding carboxylic acids is 1. The van der Waals surface area contributed by atoms with Gasteiger partial charge in [-0.05, 0) is 18.1 Å². The number of aryl methyl sites for hydroxylation is 1. The van der Waals surface area contributed by atoms with Crippen LogP contribution in [0.4, 0.5) is 5.69 Å². The summed E-state index contributed by atoms with van der Waals surface area (Å²) >= 11 is 3.19. The third-order valence-corrected chi connectivity index (χ3v) is 2.68. The van der Waals surface area contributed by atoms with Crippen LogP contribution in [-0.4, -0.2) is 18.0 Å². The molecule has 0 aliphatic heterocycles. The van der Waals surface area contributed by atoms with Gasteiger partial charge in [-0.1, -0.05) is 22.0 Å². The van der Waals surface area contributed by atoms with Gasteiger partial charge in [-0.25, -0.2) is 4.79 Å². The van der Waals surface area contributed by atoms with Crippen LogP contribution in [0.1, 0.15) is 21.5 Å². The van der Waals surface area contributed by atoms with Crippen LogP contribution in [0.15, 0.2) is 12.1 Å². The van der Waals surface area contributed by atoms with Crippen LogP contribution in [-0.2, 0) is 10.1 Å². The van der Waals surface area contributed by atoms with Crippen LogP contribution in [0.25, 0.3) is 0 Å². The van der Waals surface area contributed by atoms with Crippen LogP contribution in [0, 0.1) is 17.0 Å². The van der Waals surface area contributed by atoms with Crippen molar-refractivity contribution in [2.45, 2.75) is 12.3 Å². The number of rotatable bonds is 3. The monoisotopic (exact) mass is 287 g/mol. The van der Waals surface area contributed by atoms with Gasteiger partial charge in [0.1, 0.15) is 5.56 Å². The maximum Gasteiger partial charge on any atom is 0.345 e. The van der Waals surface area contributed by atoms with E-state index in [0.29, 0.717) is 10.9 Å². The van der Waals surface area contributed by atoms with Crippen molar-refractivity contribution in [3.8, 4) is 0 Å². The minimum Gasteiger partial charge on any atom is -0.465 e. The van der Waals surface area contributed by atoms with Crippen molar-refractivity contribution >= 4 is 27.6 Å². The molecule has 5 nitrogen and oxygen atoms in total. The van der Waals surface area contributed by atoms with Crippen LogP contribution in [0.5, 0.6) is 0 Å². The molecule has 0 spiro atoms. The first kappa shape index (κ1) is 12.6. The molecule has 6 heteroatoms. The molecular weight excluding hydrogens is 278 g/mol. The number of nitro groups is 1. The van der Waals surface area contributed by atoms with Crippen molar-refractivity contribution in [1.82, 2.24) is 0 Å². The number of alkyl halides is 1. The Balaban J connectivity index is 3.51. The Morgan fingerprint density at radius 3 is 2.62 bits per heavy atom. The first-order valence-electron chi connectivity index (χ1n) is 4.43. The van der Waals surface area contributed by atoms with Crippen molar-refractivity contribution < 1.29 is 14.5 Å². The topological polar surface area (TPSA) is 69.4 Å². The van der Waals surface area contributed by atoms with E-state index in [4.69, 9.17) is 0 Å². The lowest BCUT2D eigenvalue weighted by Crippen LogP contribution is -2.09. The maximum atomic E-state index is 11.5. The summed E-state index contributed by atoms with van der Waals surface area (Å²) in [5, 5.41) is 11.2. The number of hydrogen-bond donors (Lipinski definition) is 0. The molecule has 0 aliphatic carbocycles. The summed E-state index contributed by atoms with van der Waals surface area (Å²) in [5.74, 6) is -0.693. The fourth-order valence-electron chi connectivity index (χ4n) is 1.43. The van der Waals surface area contributed by atoms with Crippen molar-refractivity contribution in [2.75, 3.05) is 7.11 Å². The van der Waals surface area contributed by atoms with Crippen molar-refractivity contribution in [1.29, 1.82) is 0 Å². The number of esters is 1. The third kappa shape index (κ3) is 2.38. The fourth-order valence-corrected chi connectivity index (χ4v) is 1.87. The molecule has 0 N–H and O–H groups in total. The highest BCUT2D eigenvalue weighted by molar-refractivity contribution is 9.08. The summed E-state index contributed by atoms with van der Waals surface area (Å²) in [6, 6.07) is 3.08. The van der Waals surface area contributed by atoms with Gasteiger partial charge < -0.3 is 4.74 Å². The molecule has 1 rings (SSSR count). The molecule has 0 heterocycles. The van der Waals surface area contributed by atoms with Gasteiger partial charge in [0.2, 0.25) is 0 Å². The summed E-state index contributed by atoms with van der Waals surface area (Å²) in [6.07, 6.45) is 0. The molecule has 0 unspecified atom stereocenters. The van der Waals surface area contributed by atoms with Crippen molar-refractivity contribution in [3.05, 3.63) is 38.9 Å². The second-order valence-electron chi connectivity index (χ2n) is 3.20. The maximum absolute atomic E-state index is 11.5. The van der Waals surface area contributed by atoms with E-state index >= 15 is 0 Å². The number of hydrogen-bond acceptors (Lipinski definition) is 4. The highest BCUT2D eigenvalue weighted by Crippen LogP contribution is 2.26. The Labute approximate surface area is 101 Å². The number of nitro benzene ring substituents is 1. The summed E-state index contributed by atoms with van der Waals surface area (Å²) in [5.41, 5.74) is 1.07. The molecule has 0 aliphatic rings. The van der Waals surface area contributed by atoms with E-state index in [1.54, 1.807) is 13.0 Å². The zero-order valence-corrected chi connectivity index (χ0v) is 10.4. The van der Waals surface area contributed by atoms with Gasteiger partial charge in [-0.3, -0.25) is 10.1 Å². The molecule has 16 heavy (non-hydrogen) atoms. The van der Waals surface area contributed by atoms with Gasteiger partial charge in [-0.2, -0.15) is 0 Å². The molecule has 86 valence electrons. The highest BCUT2D eigenvalue weighted by Gasteiger charge is 2.24. The smallest absolute Gasteiger partial charge is 0.345 e. The van der Waals surface area contributed by atoms with E-state index in [0.717, 1.165) is 5.56 Å². The number of ether oxygens (including phenoxy) is 1. The summed E-state index contributed by atoms with van der Waals surface area (Å²) in [7, 11) is 1.20. The van der Waals surface area contributed by atoms with Gasteiger partial charge in [0.25, 0.3) is 5.69 Å². The standard InChI is InChI=1S/C10H10BrNO4/c1-6-3-7(5-11)9(10(13)16-2)8(4-6)12(14)15/h3-4H,5H2,1-2H3. The molecule has 0 aromatic heterocycles. The molecule has 0 fully saturated rings. The van der Waals surface area contributed by atoms with Crippen LogP contribution >= 0.6 is 15.9 Å². The average Bonchev–Trinajstić information content (AvgIpc) is 2.26. The Hall–Kier alpha value is -1.43. The van der Waals surface area contributed by atoms with Crippen LogP contribution in [0.3, 0.4) is 0 Å². The molecule has 0 saturated carbocycles. The zero-order valence-electron chi connectivity index (χ0n) is 8.82. The molecular formula is C10H10BrNO4. The number of carbonyl (C=O) groups is 1. The Bertz CT molecular complexity index is 445. The molecule has 1 aromatic rings. The van der Waals surface area contributed by atoms with Gasteiger partial charge in [0.05, 0.1) is 12.0 Å². The Kier molecular flexibility index (Phi) is 4.00. The summed E-state index contributed by atoms with van der Waals surface area (Å²) in [6.45, 7) is 1.74. The zero-order chi connectivity index (χ0) is 12.3. The predicted molar refractivity (Wildman–Crippen MR) is 61.8 cm³/mol. The average molecular weight is 288 g/mol. The normalized spacial score (nSPS) is 9.94. The lowest BCUT2D eigenvalue weighted by Gasteiger charge is -2.07. The first-order valence-corrected chi connectivity index (χ1v) is 5.55. The minimum absolute atomic E-state index is 0.00924. The minimum atomic E-state index is -0.693. The van der Waals surface area contributed by atoms with E-state index in [1.807, 2.05) is 0 Å². The van der Waals surface area contributed by atoms with E-state index in [-0.39, 0.29) is 11.3 Å². The second kappa shape index (κ2) is 5.07. The van der Waals surface area contributed by atoms with Crippen molar-refractivity contribution in [3.63, 3.8) is 0 Å². The molecule has 0 bridgehead atoms. The van der Waals surface area contributed by atoms with E-state index in [1.165, 1.54) is 13.2 Å².